The van der Waals surface area contributed by atoms with Crippen molar-refractivity contribution in [1.29, 1.82) is 15.9 Å². The highest BCUT2D eigenvalue weighted by molar-refractivity contribution is 6.43. The van der Waals surface area contributed by atoms with E-state index in [0.29, 0.717) is 0 Å². The third kappa shape index (κ3) is 2.98. The highest BCUT2D eigenvalue weighted by Crippen LogP contribution is 1.91. The highest BCUT2D eigenvalue weighted by atomic mass is 16.5. The second kappa shape index (κ2) is 5.25. The number of hydrogen-bond donors (Lipinski definition) is 1. The summed E-state index contributed by atoms with van der Waals surface area (Å²) in [6.07, 6.45) is 0. The SMILES string of the molecule is COC(=O)C(C#N)=NC(=C=N)C#N. The Bertz CT molecular complexity index is 376. The molecule has 0 radical (unpaired) electrons. The molecule has 6 nitrogen and oxygen atoms in total. The lowest BCUT2D eigenvalue weighted by Gasteiger charge is -1.92. The third-order valence-corrected chi connectivity index (χ3v) is 0.933. The van der Waals surface area contributed by atoms with Crippen LogP contribution in [0.2, 0.25) is 0 Å². The maximum absolute atomic E-state index is 10.7. The molecular formula is C7H4N4O2. The monoisotopic (exact) mass is 176 g/mol. The first-order valence-corrected chi connectivity index (χ1v) is 2.96. The number of nitriles is 2. The molecule has 64 valence electrons. The molecule has 0 rings (SSSR count). The fraction of sp³-hybridized carbons (Fsp3) is 0.143. The lowest BCUT2D eigenvalue weighted by Crippen LogP contribution is -2.13. The Morgan fingerprint density at radius 1 is 1.46 bits per heavy atom. The zero-order chi connectivity index (χ0) is 10.3. The van der Waals surface area contributed by atoms with Crippen LogP contribution in [0.25, 0.3) is 0 Å². The van der Waals surface area contributed by atoms with Crippen molar-refractivity contribution in [3.8, 4) is 12.1 Å². The van der Waals surface area contributed by atoms with E-state index < -0.39 is 17.4 Å². The average Bonchev–Trinajstić information content (AvgIpc) is 2.19. The highest BCUT2D eigenvalue weighted by Gasteiger charge is 2.11. The van der Waals surface area contributed by atoms with Crippen molar-refractivity contribution in [1.82, 2.24) is 0 Å². The van der Waals surface area contributed by atoms with Crippen LogP contribution in [0.3, 0.4) is 0 Å². The number of rotatable bonds is 2. The number of carbonyl (C=O) groups is 1. The molecule has 6 heteroatoms. The topological polar surface area (TPSA) is 110 Å². The lowest BCUT2D eigenvalue weighted by molar-refractivity contribution is -0.132. The first-order chi connectivity index (χ1) is 6.19. The number of aliphatic imine (C=N–C) groups is 1. The van der Waals surface area contributed by atoms with Crippen LogP contribution in [-0.4, -0.2) is 24.7 Å². The Morgan fingerprint density at radius 2 is 2.08 bits per heavy atom. The predicted molar refractivity (Wildman–Crippen MR) is 41.9 cm³/mol. The minimum Gasteiger partial charge on any atom is -0.464 e. The summed E-state index contributed by atoms with van der Waals surface area (Å²) in [5, 5.41) is 23.2. The van der Waals surface area contributed by atoms with E-state index in [1.807, 2.05) is 0 Å². The van der Waals surface area contributed by atoms with Crippen LogP contribution in [0, 0.1) is 28.1 Å². The fourth-order valence-corrected chi connectivity index (χ4v) is 0.406. The number of carbonyl (C=O) groups excluding carboxylic acids is 1. The molecule has 0 aromatic carbocycles. The summed E-state index contributed by atoms with van der Waals surface area (Å²) in [5.74, 6) is 0.701. The Balaban J connectivity index is 5.04. The van der Waals surface area contributed by atoms with Crippen molar-refractivity contribution in [2.24, 2.45) is 4.99 Å². The zero-order valence-electron chi connectivity index (χ0n) is 6.66. The van der Waals surface area contributed by atoms with Crippen molar-refractivity contribution in [2.75, 3.05) is 7.11 Å². The molecule has 0 aliphatic heterocycles. The molecule has 0 aromatic rings. The van der Waals surface area contributed by atoms with E-state index in [0.717, 1.165) is 7.11 Å². The molecule has 0 unspecified atom stereocenters. The van der Waals surface area contributed by atoms with Crippen LogP contribution in [0.4, 0.5) is 0 Å². The quantitative estimate of drug-likeness (QED) is 0.356. The van der Waals surface area contributed by atoms with Crippen molar-refractivity contribution in [2.45, 2.75) is 0 Å². The second-order valence-corrected chi connectivity index (χ2v) is 1.65. The molecular weight excluding hydrogens is 172 g/mol. The maximum atomic E-state index is 10.7. The van der Waals surface area contributed by atoms with Gasteiger partial charge >= 0.3 is 5.97 Å². The molecule has 0 aromatic heterocycles. The van der Waals surface area contributed by atoms with Crippen molar-refractivity contribution in [3.63, 3.8) is 0 Å². The van der Waals surface area contributed by atoms with Crippen LogP contribution in [0.1, 0.15) is 0 Å². The molecule has 0 bridgehead atoms. The lowest BCUT2D eigenvalue weighted by atomic mass is 10.4. The Labute approximate surface area is 73.9 Å². The first-order valence-electron chi connectivity index (χ1n) is 2.96. The minimum absolute atomic E-state index is 0.457. The van der Waals surface area contributed by atoms with E-state index >= 15 is 0 Å². The molecule has 0 aliphatic rings. The molecule has 0 heterocycles. The molecule has 0 atom stereocenters. The predicted octanol–water partition coefficient (Wildman–Crippen LogP) is -0.220. The van der Waals surface area contributed by atoms with E-state index in [1.54, 1.807) is 5.87 Å². The van der Waals surface area contributed by atoms with Gasteiger partial charge in [0.05, 0.1) is 7.11 Å². The van der Waals surface area contributed by atoms with E-state index in [2.05, 4.69) is 9.73 Å². The van der Waals surface area contributed by atoms with Crippen molar-refractivity contribution < 1.29 is 9.53 Å². The standard InChI is InChI=1S/C7H4N4O2/c1-13-7(12)6(4-10)11-5(2-8)3-9/h8H,1H3. The van der Waals surface area contributed by atoms with Gasteiger partial charge in [-0.25, -0.2) is 9.79 Å². The number of nitrogens with one attached hydrogen (secondary N) is 1. The van der Waals surface area contributed by atoms with Crippen molar-refractivity contribution >= 4 is 17.6 Å². The summed E-state index contributed by atoms with van der Waals surface area (Å²) in [7, 11) is 1.08. The second-order valence-electron chi connectivity index (χ2n) is 1.65. The van der Waals surface area contributed by atoms with Crippen LogP contribution in [-0.2, 0) is 9.53 Å². The Kier molecular flexibility index (Phi) is 4.27. The molecule has 0 aliphatic carbocycles. The summed E-state index contributed by atoms with van der Waals surface area (Å²) < 4.78 is 4.19. The summed E-state index contributed by atoms with van der Waals surface area (Å²) in [4.78, 5) is 14.0. The number of nitrogens with zero attached hydrogens (tertiary/aromatic N) is 3. The molecule has 0 saturated carbocycles. The van der Waals surface area contributed by atoms with Gasteiger partial charge in [0.15, 0.2) is 0 Å². The van der Waals surface area contributed by atoms with Crippen LogP contribution in [0.15, 0.2) is 10.7 Å². The van der Waals surface area contributed by atoms with Gasteiger partial charge in [-0.1, -0.05) is 0 Å². The van der Waals surface area contributed by atoms with E-state index in [9.17, 15) is 4.79 Å². The summed E-state index contributed by atoms with van der Waals surface area (Å²) in [6.45, 7) is 0. The van der Waals surface area contributed by atoms with Gasteiger partial charge in [0.2, 0.25) is 11.4 Å². The van der Waals surface area contributed by atoms with Gasteiger partial charge in [0.25, 0.3) is 0 Å². The molecule has 0 saturated heterocycles. The Morgan fingerprint density at radius 3 is 2.38 bits per heavy atom. The van der Waals surface area contributed by atoms with Gasteiger partial charge in [-0.15, -0.1) is 0 Å². The first kappa shape index (κ1) is 10.6. The zero-order valence-corrected chi connectivity index (χ0v) is 6.66. The maximum Gasteiger partial charge on any atom is 0.367 e. The largest absolute Gasteiger partial charge is 0.464 e. The summed E-state index contributed by atoms with van der Waals surface area (Å²) in [6, 6.07) is 2.90. The minimum atomic E-state index is -0.953. The van der Waals surface area contributed by atoms with Crippen LogP contribution >= 0.6 is 0 Å². The molecule has 0 spiro atoms. The van der Waals surface area contributed by atoms with Gasteiger partial charge < -0.3 is 4.74 Å². The van der Waals surface area contributed by atoms with Gasteiger partial charge in [-0.2, -0.15) is 10.5 Å². The van der Waals surface area contributed by atoms with E-state index in [1.165, 1.54) is 12.1 Å². The molecule has 13 heavy (non-hydrogen) atoms. The van der Waals surface area contributed by atoms with Crippen LogP contribution < -0.4 is 0 Å². The van der Waals surface area contributed by atoms with Gasteiger partial charge in [0, 0.05) is 5.87 Å². The summed E-state index contributed by atoms with van der Waals surface area (Å²) >= 11 is 0. The van der Waals surface area contributed by atoms with Gasteiger partial charge in [0.1, 0.15) is 12.1 Å². The molecule has 1 N–H and O–H groups in total. The van der Waals surface area contributed by atoms with E-state index in [4.69, 9.17) is 15.9 Å². The van der Waals surface area contributed by atoms with Crippen LogP contribution in [0.5, 0.6) is 0 Å². The molecule has 0 fully saturated rings. The molecule has 0 amide bonds. The number of methoxy groups -OCH3 is 1. The van der Waals surface area contributed by atoms with Gasteiger partial charge in [-0.05, 0) is 0 Å². The number of hydrogen-bond acceptors (Lipinski definition) is 6. The normalized spacial score (nSPS) is 9.00. The van der Waals surface area contributed by atoms with Gasteiger partial charge in [-0.3, -0.25) is 5.41 Å². The smallest absolute Gasteiger partial charge is 0.367 e. The van der Waals surface area contributed by atoms with E-state index in [-0.39, 0.29) is 0 Å². The number of ether oxygens (including phenoxy) is 1. The number of esters is 1. The summed E-state index contributed by atoms with van der Waals surface area (Å²) in [5.41, 5.74) is -1.04. The number of allylic oxidation sites excluding steroid dienone is 1. The Hall–Kier alpha value is -2.43. The third-order valence-electron chi connectivity index (χ3n) is 0.933. The van der Waals surface area contributed by atoms with Crippen molar-refractivity contribution in [3.05, 3.63) is 5.70 Å². The fourth-order valence-electron chi connectivity index (χ4n) is 0.406. The average molecular weight is 176 g/mol.